The molecule has 18 heavy (non-hydrogen) atoms. The lowest BCUT2D eigenvalue weighted by molar-refractivity contribution is 0.192. The van der Waals surface area contributed by atoms with Crippen molar-refractivity contribution in [1.82, 2.24) is 10.1 Å². The van der Waals surface area contributed by atoms with Gasteiger partial charge in [0.05, 0.1) is 6.61 Å². The summed E-state index contributed by atoms with van der Waals surface area (Å²) < 4.78 is 10.9. The van der Waals surface area contributed by atoms with Crippen molar-refractivity contribution in [3.63, 3.8) is 0 Å². The van der Waals surface area contributed by atoms with Crippen LogP contribution in [0.1, 0.15) is 51.2 Å². The number of ether oxygens (including phenoxy) is 1. The zero-order chi connectivity index (χ0) is 13.0. The van der Waals surface area contributed by atoms with Crippen LogP contribution in [0.25, 0.3) is 0 Å². The molecule has 1 aromatic heterocycles. The van der Waals surface area contributed by atoms with Gasteiger partial charge in [0.15, 0.2) is 5.82 Å². The van der Waals surface area contributed by atoms with Crippen LogP contribution in [-0.4, -0.2) is 33.9 Å². The van der Waals surface area contributed by atoms with Crippen molar-refractivity contribution in [3.05, 3.63) is 11.7 Å². The average molecular weight is 270 g/mol. The molecule has 0 bridgehead atoms. The van der Waals surface area contributed by atoms with Crippen LogP contribution in [0.3, 0.4) is 0 Å². The van der Waals surface area contributed by atoms with Crippen LogP contribution in [0.15, 0.2) is 4.52 Å². The summed E-state index contributed by atoms with van der Waals surface area (Å²) in [4.78, 5) is 4.46. The summed E-state index contributed by atoms with van der Waals surface area (Å²) in [6.45, 7) is 8.27. The lowest BCUT2D eigenvalue weighted by Crippen LogP contribution is -2.08. The monoisotopic (exact) mass is 270 g/mol. The maximum atomic E-state index is 5.33. The van der Waals surface area contributed by atoms with Gasteiger partial charge in [-0.1, -0.05) is 25.9 Å². The first-order valence-corrected chi connectivity index (χ1v) is 7.57. The highest BCUT2D eigenvalue weighted by Crippen LogP contribution is 2.25. The predicted octanol–water partition coefficient (Wildman–Crippen LogP) is 3.04. The van der Waals surface area contributed by atoms with E-state index in [4.69, 9.17) is 9.26 Å². The van der Waals surface area contributed by atoms with Gasteiger partial charge in [0.25, 0.3) is 0 Å². The second-order valence-corrected chi connectivity index (χ2v) is 7.59. The summed E-state index contributed by atoms with van der Waals surface area (Å²) in [7, 11) is 0. The van der Waals surface area contributed by atoms with Gasteiger partial charge in [0.1, 0.15) is 0 Å². The largest absolute Gasteiger partial charge is 0.381 e. The molecule has 102 valence electrons. The molecule has 1 aliphatic heterocycles. The van der Waals surface area contributed by atoms with Crippen LogP contribution in [-0.2, 0) is 11.2 Å². The highest BCUT2D eigenvalue weighted by Gasteiger charge is 2.22. The van der Waals surface area contributed by atoms with Crippen LogP contribution in [0.2, 0.25) is 0 Å². The van der Waals surface area contributed by atoms with E-state index in [0.29, 0.717) is 10.7 Å². The van der Waals surface area contributed by atoms with E-state index in [1.807, 2.05) is 11.8 Å². The van der Waals surface area contributed by atoms with Gasteiger partial charge in [-0.2, -0.15) is 16.7 Å². The SMILES string of the molecule is CC(C)(C)SCCCc1nc([C@@H]2CCOC2)no1. The van der Waals surface area contributed by atoms with E-state index in [9.17, 15) is 0 Å². The Kier molecular flexibility index (Phi) is 4.67. The summed E-state index contributed by atoms with van der Waals surface area (Å²) in [5.74, 6) is 3.07. The molecular formula is C13H22N2O2S. The lowest BCUT2D eigenvalue weighted by atomic mass is 10.1. The van der Waals surface area contributed by atoms with Crippen molar-refractivity contribution < 1.29 is 9.26 Å². The fraction of sp³-hybridized carbons (Fsp3) is 0.846. The Morgan fingerprint density at radius 3 is 2.89 bits per heavy atom. The van der Waals surface area contributed by atoms with Crippen molar-refractivity contribution in [2.45, 2.75) is 50.7 Å². The third kappa shape index (κ3) is 4.28. The molecule has 1 fully saturated rings. The Morgan fingerprint density at radius 1 is 1.39 bits per heavy atom. The van der Waals surface area contributed by atoms with Crippen LogP contribution in [0.4, 0.5) is 0 Å². The topological polar surface area (TPSA) is 48.2 Å². The molecule has 1 aliphatic rings. The molecule has 0 aromatic carbocycles. The van der Waals surface area contributed by atoms with E-state index < -0.39 is 0 Å². The van der Waals surface area contributed by atoms with Crippen molar-refractivity contribution in [2.24, 2.45) is 0 Å². The number of nitrogens with zero attached hydrogens (tertiary/aromatic N) is 2. The molecule has 0 aliphatic carbocycles. The van der Waals surface area contributed by atoms with E-state index in [2.05, 4.69) is 30.9 Å². The number of rotatable bonds is 5. The van der Waals surface area contributed by atoms with Crippen LogP contribution < -0.4 is 0 Å². The molecule has 0 radical (unpaired) electrons. The minimum Gasteiger partial charge on any atom is -0.381 e. The van der Waals surface area contributed by atoms with E-state index in [0.717, 1.165) is 49.9 Å². The highest BCUT2D eigenvalue weighted by molar-refractivity contribution is 8.00. The second-order valence-electron chi connectivity index (χ2n) is 5.67. The number of hydrogen-bond acceptors (Lipinski definition) is 5. The molecule has 1 aromatic rings. The normalized spacial score (nSPS) is 20.5. The third-order valence-corrected chi connectivity index (χ3v) is 4.21. The average Bonchev–Trinajstić information content (AvgIpc) is 2.93. The minimum atomic E-state index is 0.335. The molecular weight excluding hydrogens is 248 g/mol. The van der Waals surface area contributed by atoms with Gasteiger partial charge < -0.3 is 9.26 Å². The van der Waals surface area contributed by atoms with E-state index >= 15 is 0 Å². The van der Waals surface area contributed by atoms with Gasteiger partial charge in [0, 0.05) is 23.7 Å². The molecule has 4 nitrogen and oxygen atoms in total. The summed E-state index contributed by atoms with van der Waals surface area (Å²) in [5, 5.41) is 4.05. The van der Waals surface area contributed by atoms with Crippen molar-refractivity contribution in [1.29, 1.82) is 0 Å². The quantitative estimate of drug-likeness (QED) is 0.770. The molecule has 1 saturated heterocycles. The highest BCUT2D eigenvalue weighted by atomic mass is 32.2. The van der Waals surface area contributed by atoms with Crippen LogP contribution >= 0.6 is 11.8 Å². The number of hydrogen-bond donors (Lipinski definition) is 0. The minimum absolute atomic E-state index is 0.335. The molecule has 2 rings (SSSR count). The zero-order valence-corrected chi connectivity index (χ0v) is 12.3. The zero-order valence-electron chi connectivity index (χ0n) is 11.4. The van der Waals surface area contributed by atoms with Crippen molar-refractivity contribution in [3.8, 4) is 0 Å². The van der Waals surface area contributed by atoms with E-state index in [1.165, 1.54) is 0 Å². The maximum absolute atomic E-state index is 5.33. The molecule has 0 spiro atoms. The number of aromatic nitrogens is 2. The van der Waals surface area contributed by atoms with Gasteiger partial charge in [-0.3, -0.25) is 0 Å². The lowest BCUT2D eigenvalue weighted by Gasteiger charge is -2.16. The van der Waals surface area contributed by atoms with Gasteiger partial charge in [-0.15, -0.1) is 0 Å². The van der Waals surface area contributed by atoms with Crippen molar-refractivity contribution >= 4 is 11.8 Å². The van der Waals surface area contributed by atoms with E-state index in [1.54, 1.807) is 0 Å². The van der Waals surface area contributed by atoms with Gasteiger partial charge in [0.2, 0.25) is 5.89 Å². The number of aryl methyl sites for hydroxylation is 1. The fourth-order valence-electron chi connectivity index (χ4n) is 1.88. The third-order valence-electron chi connectivity index (χ3n) is 2.85. The molecule has 1 atom stereocenters. The van der Waals surface area contributed by atoms with Crippen molar-refractivity contribution in [2.75, 3.05) is 19.0 Å². The second kappa shape index (κ2) is 6.06. The standard InChI is InChI=1S/C13H22N2O2S/c1-13(2,3)18-8-4-5-11-14-12(15-17-11)10-6-7-16-9-10/h10H,4-9H2,1-3H3/t10-/m1/s1. The molecule has 0 unspecified atom stereocenters. The Balaban J connectivity index is 1.73. The first-order valence-electron chi connectivity index (χ1n) is 6.59. The van der Waals surface area contributed by atoms with Gasteiger partial charge in [-0.05, 0) is 18.6 Å². The molecule has 5 heteroatoms. The Morgan fingerprint density at radius 2 is 2.22 bits per heavy atom. The smallest absolute Gasteiger partial charge is 0.226 e. The predicted molar refractivity (Wildman–Crippen MR) is 73.0 cm³/mol. The Labute approximate surface area is 113 Å². The Hall–Kier alpha value is -0.550. The summed E-state index contributed by atoms with van der Waals surface area (Å²) in [6.07, 6.45) is 2.98. The Bertz CT molecular complexity index is 367. The van der Waals surface area contributed by atoms with Gasteiger partial charge in [-0.25, -0.2) is 0 Å². The van der Waals surface area contributed by atoms with Crippen LogP contribution in [0.5, 0.6) is 0 Å². The van der Waals surface area contributed by atoms with Gasteiger partial charge >= 0.3 is 0 Å². The number of thioether (sulfide) groups is 1. The summed E-state index contributed by atoms with van der Waals surface area (Å²) in [5.41, 5.74) is 0. The first-order chi connectivity index (χ1) is 8.54. The summed E-state index contributed by atoms with van der Waals surface area (Å²) >= 11 is 1.98. The molecule has 0 amide bonds. The molecule has 0 saturated carbocycles. The first kappa shape index (κ1) is 13.9. The summed E-state index contributed by atoms with van der Waals surface area (Å²) in [6, 6.07) is 0. The van der Waals surface area contributed by atoms with E-state index in [-0.39, 0.29) is 0 Å². The molecule has 2 heterocycles. The maximum Gasteiger partial charge on any atom is 0.226 e. The fourth-order valence-corrected chi connectivity index (χ4v) is 2.78. The molecule has 0 N–H and O–H groups in total. The van der Waals surface area contributed by atoms with Crippen LogP contribution in [0, 0.1) is 0 Å².